The molecule has 33 heavy (non-hydrogen) atoms. The van der Waals surface area contributed by atoms with Crippen molar-refractivity contribution in [2.24, 2.45) is 7.05 Å². The van der Waals surface area contributed by atoms with Gasteiger partial charge in [0.25, 0.3) is 5.91 Å². The topological polar surface area (TPSA) is 88.9 Å². The van der Waals surface area contributed by atoms with Gasteiger partial charge in [0.2, 0.25) is 5.91 Å². The first-order valence-corrected chi connectivity index (χ1v) is 12.8. The summed E-state index contributed by atoms with van der Waals surface area (Å²) in [5, 5.41) is 15.4. The van der Waals surface area contributed by atoms with Crippen LogP contribution in [0.25, 0.3) is 0 Å². The van der Waals surface area contributed by atoms with Crippen molar-refractivity contribution in [2.45, 2.75) is 37.9 Å². The Hall–Kier alpha value is -2.11. The second-order valence-corrected chi connectivity index (χ2v) is 10.5. The number of nitrogens with zero attached hydrogens (tertiary/aromatic N) is 3. The lowest BCUT2D eigenvalue weighted by atomic mass is 10.0. The first-order valence-electron chi connectivity index (χ1n) is 10.3. The molecule has 2 N–H and O–H groups in total. The predicted molar refractivity (Wildman–Crippen MR) is 141 cm³/mol. The van der Waals surface area contributed by atoms with Crippen molar-refractivity contribution >= 4 is 63.5 Å². The number of benzene rings is 2. The van der Waals surface area contributed by atoms with E-state index in [2.05, 4.69) is 63.3 Å². The second-order valence-electron chi connectivity index (χ2n) is 7.83. The van der Waals surface area contributed by atoms with Crippen molar-refractivity contribution in [3.8, 4) is 0 Å². The number of thioether (sulfide) groups is 1. The van der Waals surface area contributed by atoms with Crippen LogP contribution in [0.5, 0.6) is 0 Å². The van der Waals surface area contributed by atoms with Crippen LogP contribution < -0.4 is 10.6 Å². The van der Waals surface area contributed by atoms with Crippen molar-refractivity contribution in [3.63, 3.8) is 0 Å². The van der Waals surface area contributed by atoms with E-state index in [1.807, 2.05) is 26.1 Å². The Morgan fingerprint density at radius 1 is 1.15 bits per heavy atom. The summed E-state index contributed by atoms with van der Waals surface area (Å²) in [6.07, 6.45) is 0. The molecule has 1 heterocycles. The average molecular weight is 598 g/mol. The number of aromatic nitrogens is 3. The third kappa shape index (κ3) is 6.70. The molecule has 0 bridgehead atoms. The number of halogens is 2. The van der Waals surface area contributed by atoms with E-state index >= 15 is 0 Å². The first-order chi connectivity index (χ1) is 15.7. The van der Waals surface area contributed by atoms with E-state index in [9.17, 15) is 9.59 Å². The van der Waals surface area contributed by atoms with Gasteiger partial charge in [0.15, 0.2) is 11.0 Å². The Morgan fingerprint density at radius 2 is 1.91 bits per heavy atom. The lowest BCUT2D eigenvalue weighted by Crippen LogP contribution is -2.28. The van der Waals surface area contributed by atoms with Gasteiger partial charge in [-0.05, 0) is 77.4 Å². The lowest BCUT2D eigenvalue weighted by molar-refractivity contribution is -0.113. The van der Waals surface area contributed by atoms with Crippen molar-refractivity contribution < 1.29 is 9.59 Å². The van der Waals surface area contributed by atoms with Crippen LogP contribution in [0.4, 0.5) is 5.69 Å². The van der Waals surface area contributed by atoms with Crippen LogP contribution in [-0.2, 0) is 11.8 Å². The van der Waals surface area contributed by atoms with Gasteiger partial charge in [0.1, 0.15) is 0 Å². The normalized spacial score (nSPS) is 12.0. The Morgan fingerprint density at radius 3 is 2.61 bits per heavy atom. The number of carbonyl (C=O) groups is 2. The van der Waals surface area contributed by atoms with Crippen molar-refractivity contribution in [2.75, 3.05) is 11.1 Å². The lowest BCUT2D eigenvalue weighted by Gasteiger charge is -2.15. The van der Waals surface area contributed by atoms with Gasteiger partial charge in [-0.1, -0.05) is 43.3 Å². The molecule has 2 amide bonds. The SMILES string of the molecule is CC(C)c1cc(I)ccc1NC(=O)CSc1nnc([C@@H](C)NC(=O)c2cccc(Cl)c2)n1C. The van der Waals surface area contributed by atoms with E-state index in [1.54, 1.807) is 28.8 Å². The number of amides is 2. The molecule has 3 rings (SSSR count). The maximum atomic E-state index is 12.6. The minimum atomic E-state index is -0.377. The monoisotopic (exact) mass is 597 g/mol. The van der Waals surface area contributed by atoms with Gasteiger partial charge in [-0.25, -0.2) is 0 Å². The Balaban J connectivity index is 1.61. The summed E-state index contributed by atoms with van der Waals surface area (Å²) in [4.78, 5) is 25.1. The number of hydrogen-bond donors (Lipinski definition) is 2. The van der Waals surface area contributed by atoms with E-state index in [1.165, 1.54) is 11.8 Å². The zero-order valence-electron chi connectivity index (χ0n) is 18.7. The molecule has 0 radical (unpaired) electrons. The summed E-state index contributed by atoms with van der Waals surface area (Å²) in [5.41, 5.74) is 2.40. The molecule has 7 nitrogen and oxygen atoms in total. The second kappa shape index (κ2) is 11.3. The van der Waals surface area contributed by atoms with Gasteiger partial charge >= 0.3 is 0 Å². The highest BCUT2D eigenvalue weighted by molar-refractivity contribution is 14.1. The van der Waals surface area contributed by atoms with Crippen molar-refractivity contribution in [1.29, 1.82) is 0 Å². The fourth-order valence-electron chi connectivity index (χ4n) is 3.24. The molecular formula is C23H25ClIN5O2S. The number of anilines is 1. The minimum Gasteiger partial charge on any atom is -0.342 e. The number of carbonyl (C=O) groups excluding carboxylic acids is 2. The summed E-state index contributed by atoms with van der Waals surface area (Å²) < 4.78 is 2.91. The zero-order chi connectivity index (χ0) is 24.1. The summed E-state index contributed by atoms with van der Waals surface area (Å²) in [6.45, 7) is 6.03. The average Bonchev–Trinajstić information content (AvgIpc) is 3.13. The third-order valence-electron chi connectivity index (χ3n) is 4.93. The molecule has 2 aromatic carbocycles. The maximum Gasteiger partial charge on any atom is 0.251 e. The molecule has 1 atom stereocenters. The molecule has 10 heteroatoms. The summed E-state index contributed by atoms with van der Waals surface area (Å²) >= 11 is 9.53. The van der Waals surface area contributed by atoms with Gasteiger partial charge in [-0.2, -0.15) is 0 Å². The molecule has 0 saturated heterocycles. The van der Waals surface area contributed by atoms with Crippen molar-refractivity contribution in [1.82, 2.24) is 20.1 Å². The molecule has 1 aromatic heterocycles. The van der Waals surface area contributed by atoms with Gasteiger partial charge in [0, 0.05) is 26.9 Å². The van der Waals surface area contributed by atoms with Crippen molar-refractivity contribution in [3.05, 3.63) is 68.0 Å². The Bertz CT molecular complexity index is 1170. The highest BCUT2D eigenvalue weighted by atomic mass is 127. The van der Waals surface area contributed by atoms with Crippen LogP contribution >= 0.6 is 46.0 Å². The molecule has 0 aliphatic carbocycles. The third-order valence-corrected chi connectivity index (χ3v) is 6.86. The largest absolute Gasteiger partial charge is 0.342 e. The number of rotatable bonds is 8. The maximum absolute atomic E-state index is 12.6. The Kier molecular flexibility index (Phi) is 8.77. The summed E-state index contributed by atoms with van der Waals surface area (Å²) in [5.74, 6) is 0.717. The predicted octanol–water partition coefficient (Wildman–Crippen LogP) is 5.42. The number of hydrogen-bond acceptors (Lipinski definition) is 5. The molecule has 0 aliphatic rings. The molecule has 3 aromatic rings. The van der Waals surface area contributed by atoms with E-state index in [-0.39, 0.29) is 23.6 Å². The van der Waals surface area contributed by atoms with Gasteiger partial charge in [0.05, 0.1) is 11.8 Å². The van der Waals surface area contributed by atoms with E-state index < -0.39 is 0 Å². The van der Waals surface area contributed by atoms with Crippen LogP contribution in [0.2, 0.25) is 5.02 Å². The number of nitrogens with one attached hydrogen (secondary N) is 2. The minimum absolute atomic E-state index is 0.116. The molecule has 174 valence electrons. The molecule has 0 aliphatic heterocycles. The van der Waals surface area contributed by atoms with Crippen LogP contribution in [0.15, 0.2) is 47.6 Å². The fourth-order valence-corrected chi connectivity index (χ4v) is 4.67. The summed E-state index contributed by atoms with van der Waals surface area (Å²) in [7, 11) is 1.81. The Labute approximate surface area is 216 Å². The van der Waals surface area contributed by atoms with Crippen LogP contribution in [-0.4, -0.2) is 32.3 Å². The highest BCUT2D eigenvalue weighted by Crippen LogP contribution is 2.27. The molecular weight excluding hydrogens is 573 g/mol. The smallest absolute Gasteiger partial charge is 0.251 e. The van der Waals surface area contributed by atoms with Gasteiger partial charge in [-0.15, -0.1) is 10.2 Å². The molecule has 0 spiro atoms. The standard InChI is InChI=1S/C23H25ClIN5O2S/c1-13(2)18-11-17(25)8-9-19(18)27-20(31)12-33-23-29-28-21(30(23)4)14(3)26-22(32)15-6-5-7-16(24)10-15/h5-11,13-14H,12H2,1-4H3,(H,26,32)(H,27,31)/t14-/m1/s1. The van der Waals surface area contributed by atoms with Gasteiger partial charge in [-0.3, -0.25) is 9.59 Å². The highest BCUT2D eigenvalue weighted by Gasteiger charge is 2.19. The first kappa shape index (κ1) is 25.5. The van der Waals surface area contributed by atoms with Crippen LogP contribution in [0.3, 0.4) is 0 Å². The van der Waals surface area contributed by atoms with Gasteiger partial charge < -0.3 is 15.2 Å². The zero-order valence-corrected chi connectivity index (χ0v) is 22.5. The molecule has 0 unspecified atom stereocenters. The summed E-state index contributed by atoms with van der Waals surface area (Å²) in [6, 6.07) is 12.4. The van der Waals surface area contributed by atoms with Crippen LogP contribution in [0.1, 0.15) is 54.5 Å². The van der Waals surface area contributed by atoms with E-state index in [0.717, 1.165) is 14.8 Å². The van der Waals surface area contributed by atoms with E-state index in [4.69, 9.17) is 11.6 Å². The van der Waals surface area contributed by atoms with Crippen LogP contribution in [0, 0.1) is 3.57 Å². The fraction of sp³-hybridized carbons (Fsp3) is 0.304. The molecule has 0 fully saturated rings. The quantitative estimate of drug-likeness (QED) is 0.268. The van der Waals surface area contributed by atoms with E-state index in [0.29, 0.717) is 27.5 Å². The molecule has 0 saturated carbocycles.